The molecule has 0 radical (unpaired) electrons. The quantitative estimate of drug-likeness (QED) is 0.283. The average Bonchev–Trinajstić information content (AvgIpc) is 3.55. The Morgan fingerprint density at radius 3 is 2.68 bits per heavy atom. The predicted molar refractivity (Wildman–Crippen MR) is 136 cm³/mol. The number of alkyl halides is 3. The largest absolute Gasteiger partial charge is 0.493 e. The molecule has 2 aromatic heterocycles. The first-order valence-electron chi connectivity index (χ1n) is 11.6. The van der Waals surface area contributed by atoms with Gasteiger partial charge in [0.25, 0.3) is 10.0 Å². The molecule has 1 atom stereocenters. The van der Waals surface area contributed by atoms with E-state index in [1.54, 1.807) is 22.2 Å². The monoisotopic (exact) mass is 564 g/mol. The maximum absolute atomic E-state index is 13.6. The summed E-state index contributed by atoms with van der Waals surface area (Å²) in [5, 5.41) is 6.15. The molecule has 38 heavy (non-hydrogen) atoms. The van der Waals surface area contributed by atoms with Crippen molar-refractivity contribution >= 4 is 26.5 Å². The van der Waals surface area contributed by atoms with Gasteiger partial charge in [-0.1, -0.05) is 6.07 Å². The Bertz CT molecular complexity index is 1550. The first kappa shape index (κ1) is 26.0. The van der Waals surface area contributed by atoms with Crippen molar-refractivity contribution in [3.05, 3.63) is 71.4 Å². The third-order valence-electron chi connectivity index (χ3n) is 5.95. The van der Waals surface area contributed by atoms with E-state index in [4.69, 9.17) is 9.47 Å². The van der Waals surface area contributed by atoms with Gasteiger partial charge in [-0.05, 0) is 44.2 Å². The van der Waals surface area contributed by atoms with Crippen molar-refractivity contribution in [2.45, 2.75) is 43.5 Å². The topological polar surface area (TPSA) is 95.3 Å². The van der Waals surface area contributed by atoms with Crippen molar-refractivity contribution in [1.82, 2.24) is 14.8 Å². The van der Waals surface area contributed by atoms with E-state index < -0.39 is 27.9 Å². The molecular weight excluding hydrogens is 541 g/mol. The molecule has 0 saturated carbocycles. The number of hydrogen-bond acceptors (Lipinski definition) is 7. The summed E-state index contributed by atoms with van der Waals surface area (Å²) in [6, 6.07) is 9.33. The zero-order valence-corrected chi connectivity index (χ0v) is 21.9. The Morgan fingerprint density at radius 2 is 1.97 bits per heavy atom. The second-order valence-electron chi connectivity index (χ2n) is 8.85. The number of thiazole rings is 1. The van der Waals surface area contributed by atoms with E-state index in [2.05, 4.69) is 14.8 Å². The highest BCUT2D eigenvalue weighted by Gasteiger charge is 2.33. The normalized spacial score (nSPS) is 15.7. The number of nitrogens with one attached hydrogen (secondary N) is 1. The van der Waals surface area contributed by atoms with Crippen molar-refractivity contribution in [1.29, 1.82) is 0 Å². The van der Waals surface area contributed by atoms with Gasteiger partial charge in [0.1, 0.15) is 17.6 Å². The minimum atomic E-state index is -4.53. The molecule has 0 amide bonds. The van der Waals surface area contributed by atoms with E-state index in [-0.39, 0.29) is 34.0 Å². The maximum atomic E-state index is 13.6. The molecule has 0 aliphatic carbocycles. The van der Waals surface area contributed by atoms with E-state index in [9.17, 15) is 21.6 Å². The average molecular weight is 565 g/mol. The number of benzene rings is 2. The third kappa shape index (κ3) is 5.20. The maximum Gasteiger partial charge on any atom is 0.416 e. The first-order valence-corrected chi connectivity index (χ1v) is 14.0. The molecule has 0 unspecified atom stereocenters. The van der Waals surface area contributed by atoms with Crippen molar-refractivity contribution in [3.63, 3.8) is 0 Å². The number of rotatable bonds is 7. The number of hydrogen-bond donors (Lipinski definition) is 1. The fraction of sp³-hybridized carbons (Fsp3) is 0.280. The summed E-state index contributed by atoms with van der Waals surface area (Å²) in [4.78, 5) is 3.93. The summed E-state index contributed by atoms with van der Waals surface area (Å²) in [5.41, 5.74) is 0.535. The molecule has 5 rings (SSSR count). The molecule has 0 bridgehead atoms. The van der Waals surface area contributed by atoms with Crippen LogP contribution in [0.4, 0.5) is 18.3 Å². The van der Waals surface area contributed by atoms with Crippen LogP contribution in [0.25, 0.3) is 11.3 Å². The molecule has 0 fully saturated rings. The number of nitrogens with zero attached hydrogens (tertiary/aromatic N) is 3. The lowest BCUT2D eigenvalue weighted by Crippen LogP contribution is -2.20. The van der Waals surface area contributed by atoms with Crippen molar-refractivity contribution in [2.75, 3.05) is 11.3 Å². The number of aromatic nitrogens is 3. The standard InChI is InChI=1S/C25H23F3N4O4S2/c1-15(2)32-20(7-9-30-32)19-13-16(25(26,27)28)3-6-21(19)36-22-8-11-35-23-14-17(4-5-18(22)23)38(33,34)31-24-29-10-12-37-24/h3-7,9-10,12-15,22H,8,11H2,1-2H3,(H,29,31)/t22-/m1/s1. The highest BCUT2D eigenvalue weighted by molar-refractivity contribution is 7.93. The lowest BCUT2D eigenvalue weighted by atomic mass is 10.0. The van der Waals surface area contributed by atoms with Gasteiger partial charge < -0.3 is 9.47 Å². The van der Waals surface area contributed by atoms with Crippen LogP contribution in [0.3, 0.4) is 0 Å². The van der Waals surface area contributed by atoms with Crippen LogP contribution in [0.2, 0.25) is 0 Å². The Morgan fingerprint density at radius 1 is 1.16 bits per heavy atom. The molecule has 0 spiro atoms. The van der Waals surface area contributed by atoms with E-state index in [0.717, 1.165) is 23.5 Å². The lowest BCUT2D eigenvalue weighted by molar-refractivity contribution is -0.137. The molecule has 1 N–H and O–H groups in total. The zero-order chi connectivity index (χ0) is 27.1. The summed E-state index contributed by atoms with van der Waals surface area (Å²) in [7, 11) is -3.90. The Labute approximate surface area is 221 Å². The van der Waals surface area contributed by atoms with Crippen LogP contribution in [0.1, 0.15) is 43.5 Å². The van der Waals surface area contributed by atoms with Crippen molar-refractivity contribution in [3.8, 4) is 22.8 Å². The van der Waals surface area contributed by atoms with Crippen LogP contribution in [-0.2, 0) is 16.2 Å². The van der Waals surface area contributed by atoms with Crippen molar-refractivity contribution in [2.24, 2.45) is 0 Å². The van der Waals surface area contributed by atoms with Gasteiger partial charge in [0.15, 0.2) is 5.13 Å². The molecule has 1 aliphatic rings. The van der Waals surface area contributed by atoms with Gasteiger partial charge in [-0.3, -0.25) is 9.40 Å². The van der Waals surface area contributed by atoms with Gasteiger partial charge in [0.2, 0.25) is 0 Å². The van der Waals surface area contributed by atoms with E-state index >= 15 is 0 Å². The molecule has 4 aromatic rings. The SMILES string of the molecule is CC(C)n1nccc1-c1cc(C(F)(F)F)ccc1O[C@@H]1CCOc2cc(S(=O)(=O)Nc3nccs3)ccc21. The summed E-state index contributed by atoms with van der Waals surface area (Å²) < 4.78 is 82.4. The summed E-state index contributed by atoms with van der Waals surface area (Å²) in [6.45, 7) is 4.00. The summed E-state index contributed by atoms with van der Waals surface area (Å²) in [5.74, 6) is 0.573. The second kappa shape index (κ2) is 9.95. The van der Waals surface area contributed by atoms with Crippen LogP contribution in [0, 0.1) is 0 Å². The molecular formula is C25H23F3N4O4S2. The number of anilines is 1. The molecule has 3 heterocycles. The second-order valence-corrected chi connectivity index (χ2v) is 11.4. The zero-order valence-electron chi connectivity index (χ0n) is 20.3. The smallest absolute Gasteiger partial charge is 0.416 e. The Hall–Kier alpha value is -3.58. The highest BCUT2D eigenvalue weighted by Crippen LogP contribution is 2.42. The van der Waals surface area contributed by atoms with Gasteiger partial charge in [-0.15, -0.1) is 11.3 Å². The predicted octanol–water partition coefficient (Wildman–Crippen LogP) is 6.31. The Balaban J connectivity index is 1.49. The first-order chi connectivity index (χ1) is 18.0. The molecule has 8 nitrogen and oxygen atoms in total. The molecule has 1 aliphatic heterocycles. The van der Waals surface area contributed by atoms with Crippen LogP contribution in [0.5, 0.6) is 11.5 Å². The highest BCUT2D eigenvalue weighted by atomic mass is 32.2. The van der Waals surface area contributed by atoms with Gasteiger partial charge in [0.05, 0.1) is 22.8 Å². The number of fused-ring (bicyclic) bond motifs is 1. The molecule has 13 heteroatoms. The van der Waals surface area contributed by atoms with Gasteiger partial charge in [-0.2, -0.15) is 18.3 Å². The van der Waals surface area contributed by atoms with E-state index in [0.29, 0.717) is 23.4 Å². The minimum absolute atomic E-state index is 0.0110. The van der Waals surface area contributed by atoms with Crippen LogP contribution < -0.4 is 14.2 Å². The molecule has 200 valence electrons. The van der Waals surface area contributed by atoms with Crippen LogP contribution >= 0.6 is 11.3 Å². The van der Waals surface area contributed by atoms with Crippen LogP contribution in [-0.4, -0.2) is 29.8 Å². The third-order valence-corrected chi connectivity index (χ3v) is 8.10. The fourth-order valence-corrected chi connectivity index (χ4v) is 5.98. The minimum Gasteiger partial charge on any atom is -0.493 e. The molecule has 0 saturated heterocycles. The van der Waals surface area contributed by atoms with Gasteiger partial charge >= 0.3 is 6.18 Å². The van der Waals surface area contributed by atoms with Crippen molar-refractivity contribution < 1.29 is 31.1 Å². The Kier molecular flexibility index (Phi) is 6.82. The van der Waals surface area contributed by atoms with E-state index in [1.807, 2.05) is 13.8 Å². The fourth-order valence-electron chi connectivity index (χ4n) is 4.18. The van der Waals surface area contributed by atoms with Gasteiger partial charge in [-0.25, -0.2) is 13.4 Å². The van der Waals surface area contributed by atoms with Gasteiger partial charge in [0, 0.05) is 47.4 Å². The number of ether oxygens (including phenoxy) is 2. The summed E-state index contributed by atoms with van der Waals surface area (Å²) >= 11 is 1.15. The lowest BCUT2D eigenvalue weighted by Gasteiger charge is -2.28. The van der Waals surface area contributed by atoms with Crippen LogP contribution in [0.15, 0.2) is 65.1 Å². The van der Waals surface area contributed by atoms with E-state index in [1.165, 1.54) is 30.6 Å². The number of halogens is 3. The summed E-state index contributed by atoms with van der Waals surface area (Å²) in [6.07, 6.45) is -1.67. The molecule has 2 aromatic carbocycles. The number of sulfonamides is 1.